The van der Waals surface area contributed by atoms with Crippen LogP contribution in [0.2, 0.25) is 0 Å². The summed E-state index contributed by atoms with van der Waals surface area (Å²) in [4.78, 5) is 25.6. The number of hydrogen-bond donors (Lipinski definition) is 1. The Morgan fingerprint density at radius 2 is 2.04 bits per heavy atom. The van der Waals surface area contributed by atoms with Crippen molar-refractivity contribution in [1.29, 1.82) is 0 Å². The largest absolute Gasteiger partial charge is 0.369 e. The quantitative estimate of drug-likeness (QED) is 0.767. The van der Waals surface area contributed by atoms with E-state index in [2.05, 4.69) is 36.2 Å². The highest BCUT2D eigenvalue weighted by Crippen LogP contribution is 2.23. The maximum Gasteiger partial charge on any atom is 0.233 e. The maximum atomic E-state index is 12.5. The molecule has 0 aliphatic carbocycles. The van der Waals surface area contributed by atoms with Gasteiger partial charge in [-0.3, -0.25) is 14.2 Å². The predicted molar refractivity (Wildman–Crippen MR) is 105 cm³/mol. The van der Waals surface area contributed by atoms with E-state index in [4.69, 9.17) is 5.73 Å². The van der Waals surface area contributed by atoms with E-state index >= 15 is 0 Å². The molecule has 1 aromatic carbocycles. The number of likely N-dealkylation sites (tertiary alicyclic amines) is 1. The van der Waals surface area contributed by atoms with Crippen LogP contribution in [0.4, 0.5) is 0 Å². The average molecular weight is 388 g/mol. The number of aromatic nitrogens is 3. The summed E-state index contributed by atoms with van der Waals surface area (Å²) in [6.45, 7) is 5.40. The molecular weight excluding hydrogens is 362 g/mol. The molecule has 0 bridgehead atoms. The molecule has 1 fully saturated rings. The number of nitrogens with zero attached hydrogens (tertiary/aromatic N) is 4. The number of nitrogens with two attached hydrogens (primary N) is 1. The summed E-state index contributed by atoms with van der Waals surface area (Å²) in [5.74, 6) is 0.158. The van der Waals surface area contributed by atoms with Crippen molar-refractivity contribution in [3.63, 3.8) is 0 Å². The lowest BCUT2D eigenvalue weighted by Crippen LogP contribution is -2.44. The molecule has 2 N–H and O–H groups in total. The van der Waals surface area contributed by atoms with E-state index in [0.717, 1.165) is 18.5 Å². The van der Waals surface area contributed by atoms with Crippen molar-refractivity contribution in [3.05, 3.63) is 36.2 Å². The number of carbonyl (C=O) groups is 2. The molecule has 1 aromatic heterocycles. The van der Waals surface area contributed by atoms with Crippen LogP contribution < -0.4 is 5.73 Å². The minimum atomic E-state index is -0.329. The molecule has 1 saturated heterocycles. The molecule has 1 aliphatic rings. The Morgan fingerprint density at radius 3 is 2.70 bits per heavy atom. The lowest BCUT2D eigenvalue weighted by molar-refractivity contribution is -0.132. The Bertz CT molecular complexity index is 803. The number of hydrogen-bond acceptors (Lipinski definition) is 5. The van der Waals surface area contributed by atoms with Gasteiger partial charge in [-0.05, 0) is 36.5 Å². The molecular formula is C19H25N5O2S. The third-order valence-corrected chi connectivity index (χ3v) is 5.78. The Morgan fingerprint density at radius 1 is 1.30 bits per heavy atom. The second-order valence-electron chi connectivity index (χ2n) is 7.10. The van der Waals surface area contributed by atoms with E-state index in [1.165, 1.54) is 17.3 Å². The predicted octanol–water partition coefficient (Wildman–Crippen LogP) is 2.21. The Balaban J connectivity index is 1.63. The smallest absolute Gasteiger partial charge is 0.233 e. The van der Waals surface area contributed by atoms with Crippen LogP contribution in [0.5, 0.6) is 0 Å². The first-order chi connectivity index (χ1) is 13.0. The van der Waals surface area contributed by atoms with Gasteiger partial charge in [-0.2, -0.15) is 0 Å². The molecule has 27 heavy (non-hydrogen) atoms. The van der Waals surface area contributed by atoms with Gasteiger partial charge in [-0.15, -0.1) is 10.2 Å². The van der Waals surface area contributed by atoms with E-state index in [1.807, 2.05) is 16.7 Å². The van der Waals surface area contributed by atoms with Gasteiger partial charge in [0.2, 0.25) is 11.8 Å². The van der Waals surface area contributed by atoms with Gasteiger partial charge in [0.15, 0.2) is 5.16 Å². The third-order valence-electron chi connectivity index (χ3n) is 4.86. The van der Waals surface area contributed by atoms with Crippen molar-refractivity contribution in [2.75, 3.05) is 18.8 Å². The second kappa shape index (κ2) is 8.56. The summed E-state index contributed by atoms with van der Waals surface area (Å²) in [6, 6.07) is 8.26. The minimum absolute atomic E-state index is 0.00402. The fourth-order valence-corrected chi connectivity index (χ4v) is 4.00. The number of amides is 2. The molecule has 2 amide bonds. The monoisotopic (exact) mass is 387 g/mol. The first kappa shape index (κ1) is 19.4. The summed E-state index contributed by atoms with van der Waals surface area (Å²) in [7, 11) is 0. The zero-order valence-corrected chi connectivity index (χ0v) is 16.5. The van der Waals surface area contributed by atoms with Gasteiger partial charge in [0, 0.05) is 18.8 Å². The van der Waals surface area contributed by atoms with E-state index < -0.39 is 0 Å². The zero-order valence-electron chi connectivity index (χ0n) is 15.7. The first-order valence-electron chi connectivity index (χ1n) is 9.16. The third kappa shape index (κ3) is 4.68. The van der Waals surface area contributed by atoms with Gasteiger partial charge in [-0.25, -0.2) is 0 Å². The van der Waals surface area contributed by atoms with Gasteiger partial charge >= 0.3 is 0 Å². The molecule has 1 aliphatic heterocycles. The van der Waals surface area contributed by atoms with Crippen LogP contribution in [-0.4, -0.2) is 50.3 Å². The molecule has 7 nitrogen and oxygen atoms in total. The zero-order chi connectivity index (χ0) is 19.4. The molecule has 1 atom stereocenters. The van der Waals surface area contributed by atoms with Crippen molar-refractivity contribution in [3.8, 4) is 5.69 Å². The number of carbonyl (C=O) groups excluding carboxylic acids is 2. The second-order valence-corrected chi connectivity index (χ2v) is 8.04. The lowest BCUT2D eigenvalue weighted by atomic mass is 9.97. The number of piperidine rings is 1. The van der Waals surface area contributed by atoms with Crippen LogP contribution in [0.25, 0.3) is 5.69 Å². The van der Waals surface area contributed by atoms with Crippen molar-refractivity contribution in [2.24, 2.45) is 11.7 Å². The SMILES string of the molecule is CC(C)c1ccc(-n2cnnc2SCC(=O)N2CCCC(C(N)=O)C2)cc1. The molecule has 1 unspecified atom stereocenters. The molecule has 0 spiro atoms. The van der Waals surface area contributed by atoms with Crippen LogP contribution in [0.1, 0.15) is 38.2 Å². The fraction of sp³-hybridized carbons (Fsp3) is 0.474. The number of benzene rings is 1. The maximum absolute atomic E-state index is 12.5. The summed E-state index contributed by atoms with van der Waals surface area (Å²) in [5, 5.41) is 8.80. The summed E-state index contributed by atoms with van der Waals surface area (Å²) in [6.07, 6.45) is 3.22. The number of primary amides is 1. The number of thioether (sulfide) groups is 1. The lowest BCUT2D eigenvalue weighted by Gasteiger charge is -2.31. The van der Waals surface area contributed by atoms with Crippen LogP contribution in [0.3, 0.4) is 0 Å². The highest BCUT2D eigenvalue weighted by atomic mass is 32.2. The molecule has 2 aromatic rings. The summed E-state index contributed by atoms with van der Waals surface area (Å²) < 4.78 is 1.88. The van der Waals surface area contributed by atoms with Crippen LogP contribution in [0, 0.1) is 5.92 Å². The van der Waals surface area contributed by atoms with Crippen molar-refractivity contribution in [1.82, 2.24) is 19.7 Å². The van der Waals surface area contributed by atoms with Crippen molar-refractivity contribution in [2.45, 2.75) is 37.8 Å². The highest BCUT2D eigenvalue weighted by Gasteiger charge is 2.27. The van der Waals surface area contributed by atoms with E-state index in [9.17, 15) is 9.59 Å². The Labute approximate surface area is 163 Å². The molecule has 0 saturated carbocycles. The summed E-state index contributed by atoms with van der Waals surface area (Å²) >= 11 is 1.35. The highest BCUT2D eigenvalue weighted by molar-refractivity contribution is 7.99. The molecule has 8 heteroatoms. The standard InChI is InChI=1S/C19H25N5O2S/c1-13(2)14-5-7-16(8-6-14)24-12-21-22-19(24)27-11-17(25)23-9-3-4-15(10-23)18(20)26/h5-8,12-13,15H,3-4,9-11H2,1-2H3,(H2,20,26). The van der Waals surface area contributed by atoms with Crippen LogP contribution in [-0.2, 0) is 9.59 Å². The van der Waals surface area contributed by atoms with Gasteiger partial charge in [0.25, 0.3) is 0 Å². The fourth-order valence-electron chi connectivity index (χ4n) is 3.17. The van der Waals surface area contributed by atoms with Crippen molar-refractivity contribution >= 4 is 23.6 Å². The Hall–Kier alpha value is -2.35. The number of rotatable bonds is 6. The Kier molecular flexibility index (Phi) is 6.15. The molecule has 2 heterocycles. The average Bonchev–Trinajstić information content (AvgIpc) is 3.14. The first-order valence-corrected chi connectivity index (χ1v) is 10.1. The molecule has 3 rings (SSSR count). The van der Waals surface area contributed by atoms with E-state index in [1.54, 1.807) is 11.2 Å². The van der Waals surface area contributed by atoms with Crippen LogP contribution in [0.15, 0.2) is 35.7 Å². The van der Waals surface area contributed by atoms with Gasteiger partial charge < -0.3 is 10.6 Å². The van der Waals surface area contributed by atoms with Crippen LogP contribution >= 0.6 is 11.8 Å². The molecule has 0 radical (unpaired) electrons. The van der Waals surface area contributed by atoms with E-state index in [-0.39, 0.29) is 23.5 Å². The van der Waals surface area contributed by atoms with Gasteiger partial charge in [-0.1, -0.05) is 37.7 Å². The van der Waals surface area contributed by atoms with E-state index in [0.29, 0.717) is 24.2 Å². The van der Waals surface area contributed by atoms with Crippen molar-refractivity contribution < 1.29 is 9.59 Å². The topological polar surface area (TPSA) is 94.1 Å². The van der Waals surface area contributed by atoms with Gasteiger partial charge in [0.05, 0.1) is 11.7 Å². The molecule has 144 valence electrons. The van der Waals surface area contributed by atoms with Gasteiger partial charge in [0.1, 0.15) is 6.33 Å². The normalized spacial score (nSPS) is 17.3. The minimum Gasteiger partial charge on any atom is -0.369 e. The summed E-state index contributed by atoms with van der Waals surface area (Å²) in [5.41, 5.74) is 7.62.